The lowest BCUT2D eigenvalue weighted by atomic mass is 10.1. The summed E-state index contributed by atoms with van der Waals surface area (Å²) in [5, 5.41) is 11.9. The molecule has 26 heavy (non-hydrogen) atoms. The molecule has 1 heterocycles. The summed E-state index contributed by atoms with van der Waals surface area (Å²) < 4.78 is 5.12. The molecule has 0 aliphatic heterocycles. The second-order valence-electron chi connectivity index (χ2n) is 7.07. The first-order chi connectivity index (χ1) is 12.0. The van der Waals surface area contributed by atoms with E-state index in [1.54, 1.807) is 45.0 Å². The van der Waals surface area contributed by atoms with Crippen LogP contribution in [-0.2, 0) is 9.53 Å². The summed E-state index contributed by atoms with van der Waals surface area (Å²) in [6, 6.07) is 6.42. The molecule has 0 fully saturated rings. The highest BCUT2D eigenvalue weighted by Crippen LogP contribution is 2.20. The zero-order valence-corrected chi connectivity index (χ0v) is 15.7. The predicted octanol–water partition coefficient (Wildman–Crippen LogP) is 2.63. The van der Waals surface area contributed by atoms with Gasteiger partial charge in [0.2, 0.25) is 0 Å². The number of ether oxygens (including phenoxy) is 1. The van der Waals surface area contributed by atoms with Crippen molar-refractivity contribution in [2.75, 3.05) is 6.54 Å². The van der Waals surface area contributed by atoms with Crippen LogP contribution in [-0.4, -0.2) is 40.8 Å². The number of amides is 1. The molecular weight excluding hydrogens is 356 g/mol. The zero-order chi connectivity index (χ0) is 19.5. The van der Waals surface area contributed by atoms with E-state index in [2.05, 4.69) is 10.3 Å². The van der Waals surface area contributed by atoms with E-state index in [1.165, 1.54) is 0 Å². The SMILES string of the molecule is CC(C)(C)OC(=O)C(=N)CC(N)CNC(=O)c1cc2cc(Cl)ccc2[nH]1. The Morgan fingerprint density at radius 3 is 2.69 bits per heavy atom. The molecule has 1 aromatic heterocycles. The average Bonchev–Trinajstić information content (AvgIpc) is 2.94. The highest BCUT2D eigenvalue weighted by atomic mass is 35.5. The smallest absolute Gasteiger partial charge is 0.352 e. The number of benzene rings is 1. The van der Waals surface area contributed by atoms with Gasteiger partial charge in [0.05, 0.1) is 0 Å². The van der Waals surface area contributed by atoms with Gasteiger partial charge in [0, 0.05) is 34.9 Å². The second kappa shape index (κ2) is 7.88. The van der Waals surface area contributed by atoms with E-state index in [-0.39, 0.29) is 24.6 Å². The van der Waals surface area contributed by atoms with E-state index in [9.17, 15) is 9.59 Å². The minimum atomic E-state index is -0.702. The highest BCUT2D eigenvalue weighted by Gasteiger charge is 2.22. The number of aromatic amines is 1. The fourth-order valence-electron chi connectivity index (χ4n) is 2.30. The molecule has 0 saturated carbocycles. The van der Waals surface area contributed by atoms with Crippen molar-refractivity contribution < 1.29 is 14.3 Å². The number of carbonyl (C=O) groups is 2. The molecule has 2 rings (SSSR count). The molecule has 140 valence electrons. The van der Waals surface area contributed by atoms with Crippen molar-refractivity contribution in [3.8, 4) is 0 Å². The van der Waals surface area contributed by atoms with Gasteiger partial charge in [-0.15, -0.1) is 0 Å². The zero-order valence-electron chi connectivity index (χ0n) is 15.0. The molecule has 2 aromatic rings. The van der Waals surface area contributed by atoms with Gasteiger partial charge in [0.1, 0.15) is 17.0 Å². The van der Waals surface area contributed by atoms with Crippen molar-refractivity contribution in [2.24, 2.45) is 5.73 Å². The van der Waals surface area contributed by atoms with Crippen LogP contribution in [0.1, 0.15) is 37.7 Å². The van der Waals surface area contributed by atoms with Gasteiger partial charge in [-0.3, -0.25) is 10.2 Å². The summed E-state index contributed by atoms with van der Waals surface area (Å²) in [4.78, 5) is 27.0. The van der Waals surface area contributed by atoms with Crippen LogP contribution >= 0.6 is 11.6 Å². The molecule has 1 unspecified atom stereocenters. The number of carbonyl (C=O) groups excluding carboxylic acids is 2. The molecule has 0 aliphatic rings. The number of halogens is 1. The predicted molar refractivity (Wildman–Crippen MR) is 102 cm³/mol. The summed E-state index contributed by atoms with van der Waals surface area (Å²) in [5.41, 5.74) is 6.21. The third-order valence-electron chi connectivity index (χ3n) is 3.46. The van der Waals surface area contributed by atoms with Crippen LogP contribution in [0.25, 0.3) is 10.9 Å². The van der Waals surface area contributed by atoms with E-state index in [4.69, 9.17) is 27.5 Å². The quantitative estimate of drug-likeness (QED) is 0.456. The van der Waals surface area contributed by atoms with Crippen LogP contribution in [0.3, 0.4) is 0 Å². The second-order valence-corrected chi connectivity index (χ2v) is 7.51. The van der Waals surface area contributed by atoms with Gasteiger partial charge in [-0.1, -0.05) is 11.6 Å². The Morgan fingerprint density at radius 2 is 2.04 bits per heavy atom. The maximum atomic E-state index is 12.2. The summed E-state index contributed by atoms with van der Waals surface area (Å²) in [5.74, 6) is -1.02. The van der Waals surface area contributed by atoms with Crippen LogP contribution in [0.5, 0.6) is 0 Å². The standard InChI is InChI=1S/C18H23ClN4O3/c1-18(2,3)26-17(25)13(21)8-12(20)9-22-16(24)15-7-10-6-11(19)4-5-14(10)23-15/h4-7,12,21,23H,8-9,20H2,1-3H3,(H,22,24). The molecule has 0 saturated heterocycles. The van der Waals surface area contributed by atoms with Crippen molar-refractivity contribution in [2.45, 2.75) is 38.8 Å². The molecule has 0 radical (unpaired) electrons. The lowest BCUT2D eigenvalue weighted by molar-refractivity contribution is -0.146. The molecular formula is C18H23ClN4O3. The lowest BCUT2D eigenvalue weighted by Crippen LogP contribution is -2.40. The van der Waals surface area contributed by atoms with E-state index >= 15 is 0 Å². The molecule has 8 heteroatoms. The first kappa shape index (κ1) is 19.9. The molecule has 5 N–H and O–H groups in total. The Bertz CT molecular complexity index is 839. The lowest BCUT2D eigenvalue weighted by Gasteiger charge is -2.20. The molecule has 7 nitrogen and oxygen atoms in total. The number of fused-ring (bicyclic) bond motifs is 1. The van der Waals surface area contributed by atoms with Gasteiger partial charge in [-0.2, -0.15) is 0 Å². The van der Waals surface area contributed by atoms with Crippen molar-refractivity contribution >= 4 is 40.1 Å². The largest absolute Gasteiger partial charge is 0.456 e. The van der Waals surface area contributed by atoms with Gasteiger partial charge in [0.25, 0.3) is 5.91 Å². The fraction of sp³-hybridized carbons (Fsp3) is 0.389. The Kier molecular flexibility index (Phi) is 6.05. The number of hydrogen-bond donors (Lipinski definition) is 4. The molecule has 0 bridgehead atoms. The maximum absolute atomic E-state index is 12.2. The third-order valence-corrected chi connectivity index (χ3v) is 3.70. The number of H-pyrrole nitrogens is 1. The first-order valence-electron chi connectivity index (χ1n) is 8.18. The monoisotopic (exact) mass is 378 g/mol. The third kappa shape index (κ3) is 5.57. The van der Waals surface area contributed by atoms with Crippen LogP contribution in [0.2, 0.25) is 5.02 Å². The minimum Gasteiger partial charge on any atom is -0.456 e. The van der Waals surface area contributed by atoms with Crippen molar-refractivity contribution in [1.82, 2.24) is 10.3 Å². The maximum Gasteiger partial charge on any atom is 0.352 e. The van der Waals surface area contributed by atoms with E-state index in [0.717, 1.165) is 10.9 Å². The van der Waals surface area contributed by atoms with Gasteiger partial charge in [-0.25, -0.2) is 4.79 Å². The Balaban J connectivity index is 1.87. The summed E-state index contributed by atoms with van der Waals surface area (Å²) >= 11 is 5.94. The van der Waals surface area contributed by atoms with Crippen LogP contribution in [0.4, 0.5) is 0 Å². The normalized spacial score (nSPS) is 12.7. The van der Waals surface area contributed by atoms with Crippen molar-refractivity contribution in [3.05, 3.63) is 35.0 Å². The molecule has 0 spiro atoms. The topological polar surface area (TPSA) is 121 Å². The van der Waals surface area contributed by atoms with Crippen molar-refractivity contribution in [1.29, 1.82) is 5.41 Å². The van der Waals surface area contributed by atoms with Crippen molar-refractivity contribution in [3.63, 3.8) is 0 Å². The van der Waals surface area contributed by atoms with E-state index in [0.29, 0.717) is 10.7 Å². The Labute approximate surface area is 156 Å². The number of nitrogens with one attached hydrogen (secondary N) is 3. The molecule has 1 aromatic carbocycles. The van der Waals surface area contributed by atoms with Crippen LogP contribution < -0.4 is 11.1 Å². The first-order valence-corrected chi connectivity index (χ1v) is 8.56. The number of rotatable bonds is 6. The summed E-state index contributed by atoms with van der Waals surface area (Å²) in [6.45, 7) is 5.31. The van der Waals surface area contributed by atoms with E-state index < -0.39 is 17.6 Å². The van der Waals surface area contributed by atoms with Gasteiger partial charge < -0.3 is 20.8 Å². The highest BCUT2D eigenvalue weighted by molar-refractivity contribution is 6.35. The molecule has 0 aliphatic carbocycles. The summed E-state index contributed by atoms with van der Waals surface area (Å²) in [6.07, 6.45) is 0.0114. The fourth-order valence-corrected chi connectivity index (χ4v) is 2.48. The molecule has 1 atom stereocenters. The van der Waals surface area contributed by atoms with Crippen LogP contribution in [0.15, 0.2) is 24.3 Å². The van der Waals surface area contributed by atoms with Crippen LogP contribution in [0, 0.1) is 5.41 Å². The van der Waals surface area contributed by atoms with Gasteiger partial charge in [-0.05, 0) is 45.0 Å². The number of hydrogen-bond acceptors (Lipinski definition) is 5. The van der Waals surface area contributed by atoms with E-state index in [1.807, 2.05) is 0 Å². The minimum absolute atomic E-state index is 0.0114. The Morgan fingerprint density at radius 1 is 1.35 bits per heavy atom. The summed E-state index contributed by atoms with van der Waals surface area (Å²) in [7, 11) is 0. The van der Waals surface area contributed by atoms with Gasteiger partial charge in [0.15, 0.2) is 0 Å². The Hall–Kier alpha value is -2.38. The number of aromatic nitrogens is 1. The average molecular weight is 379 g/mol. The number of esters is 1. The number of nitrogens with two attached hydrogens (primary N) is 1. The molecule has 1 amide bonds. The van der Waals surface area contributed by atoms with Gasteiger partial charge >= 0.3 is 5.97 Å².